The number of hydrogen-bond acceptors (Lipinski definition) is 4. The molecule has 0 aliphatic carbocycles. The molecule has 0 heterocycles. The van der Waals surface area contributed by atoms with Crippen molar-refractivity contribution in [1.82, 2.24) is 5.32 Å². The van der Waals surface area contributed by atoms with Crippen molar-refractivity contribution in [3.63, 3.8) is 0 Å². The molecule has 0 aromatic rings. The van der Waals surface area contributed by atoms with Gasteiger partial charge in [-0.1, -0.05) is 309 Å². The van der Waals surface area contributed by atoms with Crippen LogP contribution in [0.4, 0.5) is 0 Å². The highest BCUT2D eigenvalue weighted by Gasteiger charge is 2.20. The Balaban J connectivity index is 3.54. The lowest BCUT2D eigenvalue weighted by atomic mass is 10.0. The van der Waals surface area contributed by atoms with Crippen LogP contribution in [0.25, 0.3) is 0 Å². The van der Waals surface area contributed by atoms with E-state index in [0.717, 1.165) is 25.7 Å². The van der Waals surface area contributed by atoms with E-state index in [1.54, 1.807) is 6.08 Å². The SMILES string of the molecule is CCCCCCCCCCCCCCCCCCCCCCCCC/C=C/C(O)C(CO)NC(=O)CC(O)CCCCCCCCCCCCCCCCCCCCCCCC. The molecule has 0 bridgehead atoms. The van der Waals surface area contributed by atoms with Gasteiger partial charge in [-0.05, 0) is 19.3 Å². The minimum atomic E-state index is -0.926. The third-order valence-electron chi connectivity index (χ3n) is 13.6. The first-order chi connectivity index (χ1) is 30.5. The Morgan fingerprint density at radius 2 is 0.661 bits per heavy atom. The fraction of sp³-hybridized carbons (Fsp3) is 0.947. The van der Waals surface area contributed by atoms with Gasteiger partial charge in [-0.2, -0.15) is 0 Å². The maximum absolute atomic E-state index is 12.5. The fourth-order valence-corrected chi connectivity index (χ4v) is 9.23. The van der Waals surface area contributed by atoms with E-state index in [0.29, 0.717) is 6.42 Å². The molecular formula is C57H113NO4. The highest BCUT2D eigenvalue weighted by atomic mass is 16.3. The van der Waals surface area contributed by atoms with E-state index in [1.807, 2.05) is 6.08 Å². The molecule has 3 atom stereocenters. The van der Waals surface area contributed by atoms with Crippen LogP contribution in [0.15, 0.2) is 12.2 Å². The highest BCUT2D eigenvalue weighted by Crippen LogP contribution is 2.18. The number of carbonyl (C=O) groups is 1. The first-order valence-electron chi connectivity index (χ1n) is 28.5. The summed E-state index contributed by atoms with van der Waals surface area (Å²) in [6.07, 6.45) is 65.4. The molecule has 0 radical (unpaired) electrons. The third-order valence-corrected chi connectivity index (χ3v) is 13.6. The summed E-state index contributed by atoms with van der Waals surface area (Å²) in [5.74, 6) is -0.308. The molecule has 0 aromatic carbocycles. The molecule has 5 nitrogen and oxygen atoms in total. The van der Waals surface area contributed by atoms with E-state index >= 15 is 0 Å². The Morgan fingerprint density at radius 3 is 0.935 bits per heavy atom. The molecule has 0 aliphatic rings. The van der Waals surface area contributed by atoms with E-state index < -0.39 is 18.2 Å². The number of carbonyl (C=O) groups excluding carboxylic acids is 1. The Morgan fingerprint density at radius 1 is 0.403 bits per heavy atom. The van der Waals surface area contributed by atoms with Gasteiger partial charge in [0.1, 0.15) is 0 Å². The van der Waals surface area contributed by atoms with Gasteiger partial charge < -0.3 is 20.6 Å². The summed E-state index contributed by atoms with van der Waals surface area (Å²) < 4.78 is 0. The number of rotatable bonds is 53. The van der Waals surface area contributed by atoms with Gasteiger partial charge in [-0.3, -0.25) is 4.79 Å². The maximum atomic E-state index is 12.5. The Bertz CT molecular complexity index is 879. The van der Waals surface area contributed by atoms with Gasteiger partial charge in [0.15, 0.2) is 0 Å². The van der Waals surface area contributed by atoms with Crippen LogP contribution in [0.3, 0.4) is 0 Å². The van der Waals surface area contributed by atoms with Crippen molar-refractivity contribution < 1.29 is 20.1 Å². The molecule has 3 unspecified atom stereocenters. The molecule has 1 amide bonds. The topological polar surface area (TPSA) is 89.8 Å². The van der Waals surface area contributed by atoms with Gasteiger partial charge >= 0.3 is 0 Å². The second-order valence-electron chi connectivity index (χ2n) is 19.9. The van der Waals surface area contributed by atoms with Crippen LogP contribution in [-0.2, 0) is 4.79 Å². The third kappa shape index (κ3) is 48.5. The van der Waals surface area contributed by atoms with Crippen molar-refractivity contribution in [2.45, 2.75) is 340 Å². The lowest BCUT2D eigenvalue weighted by Crippen LogP contribution is -2.45. The van der Waals surface area contributed by atoms with Gasteiger partial charge in [-0.15, -0.1) is 0 Å². The van der Waals surface area contributed by atoms with Crippen LogP contribution in [0.2, 0.25) is 0 Å². The van der Waals surface area contributed by atoms with E-state index in [9.17, 15) is 20.1 Å². The first kappa shape index (κ1) is 61.1. The number of aliphatic hydroxyl groups excluding tert-OH is 3. The normalized spacial score (nSPS) is 13.3. The molecule has 0 rings (SSSR count). The second kappa shape index (κ2) is 52.7. The van der Waals surface area contributed by atoms with Gasteiger partial charge in [0, 0.05) is 0 Å². The molecule has 0 aromatic heterocycles. The molecule has 4 N–H and O–H groups in total. The van der Waals surface area contributed by atoms with E-state index in [2.05, 4.69) is 19.2 Å². The number of amides is 1. The lowest BCUT2D eigenvalue weighted by Gasteiger charge is -2.21. The van der Waals surface area contributed by atoms with Crippen molar-refractivity contribution in [3.05, 3.63) is 12.2 Å². The summed E-state index contributed by atoms with van der Waals surface area (Å²) in [6, 6.07) is -0.741. The predicted molar refractivity (Wildman–Crippen MR) is 273 cm³/mol. The highest BCUT2D eigenvalue weighted by molar-refractivity contribution is 5.76. The maximum Gasteiger partial charge on any atom is 0.222 e. The smallest absolute Gasteiger partial charge is 0.222 e. The van der Waals surface area contributed by atoms with E-state index in [1.165, 1.54) is 270 Å². The van der Waals surface area contributed by atoms with Crippen LogP contribution in [0.5, 0.6) is 0 Å². The molecule has 0 aliphatic heterocycles. The summed E-state index contributed by atoms with van der Waals surface area (Å²) in [7, 11) is 0. The zero-order valence-corrected chi connectivity index (χ0v) is 42.3. The minimum Gasteiger partial charge on any atom is -0.394 e. The van der Waals surface area contributed by atoms with Crippen LogP contribution >= 0.6 is 0 Å². The first-order valence-corrected chi connectivity index (χ1v) is 28.5. The zero-order chi connectivity index (χ0) is 45.1. The predicted octanol–water partition coefficient (Wildman–Crippen LogP) is 17.5. The van der Waals surface area contributed by atoms with Crippen molar-refractivity contribution in [2.75, 3.05) is 6.61 Å². The Kier molecular flexibility index (Phi) is 51.9. The summed E-state index contributed by atoms with van der Waals surface area (Å²) in [6.45, 7) is 4.26. The van der Waals surface area contributed by atoms with E-state index in [-0.39, 0.29) is 18.9 Å². The standard InChI is InChI=1S/C57H113NO4/c1-3-5-7-9-11-13-15-17-19-21-23-25-27-28-29-31-33-35-37-39-41-43-45-47-49-51-56(61)55(53-59)58-57(62)52-54(60)50-48-46-44-42-40-38-36-34-32-30-26-24-22-20-18-16-14-12-10-8-6-4-2/h49,51,54-56,59-61H,3-48,50,52-53H2,1-2H3,(H,58,62)/b51-49+. The minimum absolute atomic E-state index is 0.0195. The van der Waals surface area contributed by atoms with Crippen molar-refractivity contribution in [3.8, 4) is 0 Å². The average Bonchev–Trinajstić information content (AvgIpc) is 3.27. The number of nitrogens with one attached hydrogen (secondary N) is 1. The zero-order valence-electron chi connectivity index (χ0n) is 42.3. The van der Waals surface area contributed by atoms with E-state index in [4.69, 9.17) is 0 Å². The summed E-state index contributed by atoms with van der Waals surface area (Å²) in [5, 5.41) is 33.5. The molecule has 0 saturated heterocycles. The molecule has 0 fully saturated rings. The summed E-state index contributed by atoms with van der Waals surface area (Å²) >= 11 is 0. The number of unbranched alkanes of at least 4 members (excludes halogenated alkanes) is 44. The second-order valence-corrected chi connectivity index (χ2v) is 19.9. The monoisotopic (exact) mass is 876 g/mol. The Hall–Kier alpha value is -0.910. The molecule has 5 heteroatoms. The number of hydrogen-bond donors (Lipinski definition) is 4. The largest absolute Gasteiger partial charge is 0.394 e. The van der Waals surface area contributed by atoms with Crippen molar-refractivity contribution in [1.29, 1.82) is 0 Å². The van der Waals surface area contributed by atoms with Crippen LogP contribution in [-0.4, -0.2) is 46.1 Å². The number of allylic oxidation sites excluding steroid dienone is 1. The molecule has 370 valence electrons. The summed E-state index contributed by atoms with van der Waals surface area (Å²) in [5.41, 5.74) is 0. The lowest BCUT2D eigenvalue weighted by molar-refractivity contribution is -0.124. The van der Waals surface area contributed by atoms with Gasteiger partial charge in [0.05, 0.1) is 31.3 Å². The van der Waals surface area contributed by atoms with Crippen LogP contribution < -0.4 is 5.32 Å². The molecular weight excluding hydrogens is 763 g/mol. The molecule has 0 spiro atoms. The Labute approximate surface area is 389 Å². The average molecular weight is 877 g/mol. The van der Waals surface area contributed by atoms with Crippen molar-refractivity contribution >= 4 is 5.91 Å². The molecule has 0 saturated carbocycles. The van der Waals surface area contributed by atoms with Gasteiger partial charge in [0.2, 0.25) is 5.91 Å². The van der Waals surface area contributed by atoms with Crippen LogP contribution in [0, 0.1) is 0 Å². The van der Waals surface area contributed by atoms with Gasteiger partial charge in [-0.25, -0.2) is 0 Å². The van der Waals surface area contributed by atoms with Crippen LogP contribution in [0.1, 0.15) is 322 Å². The quantitative estimate of drug-likeness (QED) is 0.0362. The summed E-state index contributed by atoms with van der Waals surface area (Å²) in [4.78, 5) is 12.5. The van der Waals surface area contributed by atoms with Crippen molar-refractivity contribution in [2.24, 2.45) is 0 Å². The fourth-order valence-electron chi connectivity index (χ4n) is 9.23. The number of aliphatic hydroxyl groups is 3. The molecule has 62 heavy (non-hydrogen) atoms. The van der Waals surface area contributed by atoms with Gasteiger partial charge in [0.25, 0.3) is 0 Å².